The molecule has 21 heavy (non-hydrogen) atoms. The van der Waals surface area contributed by atoms with Crippen LogP contribution in [0.1, 0.15) is 70.6 Å². The summed E-state index contributed by atoms with van der Waals surface area (Å²) in [6, 6.07) is 0. The van der Waals surface area contributed by atoms with Gasteiger partial charge < -0.3 is 5.11 Å². The van der Waals surface area contributed by atoms with Gasteiger partial charge in [-0.15, -0.1) is 0 Å². The van der Waals surface area contributed by atoms with Gasteiger partial charge in [0, 0.05) is 11.2 Å². The van der Waals surface area contributed by atoms with Crippen LogP contribution in [0.5, 0.6) is 0 Å². The molecule has 122 valence electrons. The fraction of sp³-hybridized carbons (Fsp3) is 0.938. The van der Waals surface area contributed by atoms with Crippen molar-refractivity contribution in [3.8, 4) is 0 Å². The quantitative estimate of drug-likeness (QED) is 0.594. The molecule has 0 spiro atoms. The molecule has 5 heteroatoms. The van der Waals surface area contributed by atoms with Gasteiger partial charge in [0.05, 0.1) is 0 Å². The van der Waals surface area contributed by atoms with Gasteiger partial charge in [-0.25, -0.2) is 14.6 Å². The zero-order valence-corrected chi connectivity index (χ0v) is 14.3. The van der Waals surface area contributed by atoms with Crippen molar-refractivity contribution in [1.82, 2.24) is 0 Å². The molecule has 1 saturated carbocycles. The highest BCUT2D eigenvalue weighted by Gasteiger charge is 2.48. The Hall–Kier alpha value is -0.130. The summed E-state index contributed by atoms with van der Waals surface area (Å²) in [5.41, 5.74) is -1.14. The van der Waals surface area contributed by atoms with Gasteiger partial charge in [0.1, 0.15) is 6.10 Å². The highest BCUT2D eigenvalue weighted by molar-refractivity contribution is 9.09. The average molecular weight is 363 g/mol. The predicted octanol–water partition coefficient (Wildman–Crippen LogP) is 4.46. The molecule has 1 aliphatic heterocycles. The fourth-order valence-electron chi connectivity index (χ4n) is 3.62. The van der Waals surface area contributed by atoms with E-state index in [2.05, 4.69) is 15.9 Å². The molecule has 0 radical (unpaired) electrons. The summed E-state index contributed by atoms with van der Waals surface area (Å²) in [4.78, 5) is 23.2. The van der Waals surface area contributed by atoms with Gasteiger partial charge in [-0.3, -0.25) is 0 Å². The third-order valence-corrected chi connectivity index (χ3v) is 5.68. The summed E-state index contributed by atoms with van der Waals surface area (Å²) in [6.07, 6.45) is 11.1. The molecule has 0 bridgehead atoms. The van der Waals surface area contributed by atoms with Crippen LogP contribution in [0, 0.1) is 5.92 Å². The van der Waals surface area contributed by atoms with Crippen molar-refractivity contribution < 1.29 is 19.7 Å². The summed E-state index contributed by atoms with van der Waals surface area (Å²) in [7, 11) is 0. The zero-order valence-electron chi connectivity index (χ0n) is 12.7. The van der Waals surface area contributed by atoms with Crippen molar-refractivity contribution in [3.63, 3.8) is 0 Å². The second kappa shape index (κ2) is 8.49. The van der Waals surface area contributed by atoms with Crippen LogP contribution in [0.3, 0.4) is 0 Å². The van der Waals surface area contributed by atoms with Crippen molar-refractivity contribution >= 4 is 21.9 Å². The Kier molecular flexibility index (Phi) is 6.96. The van der Waals surface area contributed by atoms with Gasteiger partial charge in [-0.1, -0.05) is 54.5 Å². The number of rotatable bonds is 3. The number of halogens is 1. The van der Waals surface area contributed by atoms with Gasteiger partial charge in [0.25, 0.3) is 0 Å². The van der Waals surface area contributed by atoms with E-state index in [-0.39, 0.29) is 12.0 Å². The summed E-state index contributed by atoms with van der Waals surface area (Å²) in [5.74, 6) is -0.771. The molecule has 0 aromatic carbocycles. The molecule has 0 aromatic heterocycles. The van der Waals surface area contributed by atoms with Crippen LogP contribution in [0.2, 0.25) is 0 Å². The normalized spacial score (nSPS) is 33.5. The first-order chi connectivity index (χ1) is 10.2. The lowest BCUT2D eigenvalue weighted by molar-refractivity contribution is -0.390. The average Bonchev–Trinajstić information content (AvgIpc) is 2.40. The van der Waals surface area contributed by atoms with Crippen molar-refractivity contribution in [1.29, 1.82) is 0 Å². The highest BCUT2D eigenvalue weighted by atomic mass is 79.9. The van der Waals surface area contributed by atoms with E-state index in [0.29, 0.717) is 11.8 Å². The Labute approximate surface area is 135 Å². The molecule has 1 aliphatic carbocycles. The van der Waals surface area contributed by atoms with E-state index < -0.39 is 11.6 Å². The van der Waals surface area contributed by atoms with Gasteiger partial charge in [0.2, 0.25) is 5.60 Å². The lowest BCUT2D eigenvalue weighted by atomic mass is 9.75. The number of aliphatic carboxylic acids is 1. The van der Waals surface area contributed by atoms with E-state index in [0.717, 1.165) is 44.9 Å². The molecular formula is C16H27BrO4. The van der Waals surface area contributed by atoms with E-state index >= 15 is 0 Å². The molecular weight excluding hydrogens is 336 g/mol. The number of alkyl halides is 1. The van der Waals surface area contributed by atoms with Gasteiger partial charge >= 0.3 is 5.97 Å². The minimum Gasteiger partial charge on any atom is -0.479 e. The Morgan fingerprint density at radius 1 is 1.05 bits per heavy atom. The maximum atomic E-state index is 12.0. The Bertz CT molecular complexity index is 328. The smallest absolute Gasteiger partial charge is 0.339 e. The SMILES string of the molecule is O=C(O)C1(C2CCCCCCC2)CCCCC(CBr)OO1. The van der Waals surface area contributed by atoms with Gasteiger partial charge in [-0.05, 0) is 32.1 Å². The van der Waals surface area contributed by atoms with E-state index in [1.807, 2.05) is 0 Å². The van der Waals surface area contributed by atoms with Crippen LogP contribution in [0.25, 0.3) is 0 Å². The highest BCUT2D eigenvalue weighted by Crippen LogP contribution is 2.39. The molecule has 0 amide bonds. The van der Waals surface area contributed by atoms with Crippen LogP contribution in [0.4, 0.5) is 0 Å². The second-order valence-electron chi connectivity index (χ2n) is 6.44. The van der Waals surface area contributed by atoms with Crippen LogP contribution in [-0.2, 0) is 14.6 Å². The molecule has 1 heterocycles. The van der Waals surface area contributed by atoms with Crippen LogP contribution in [0.15, 0.2) is 0 Å². The maximum Gasteiger partial charge on any atom is 0.339 e. The summed E-state index contributed by atoms with van der Waals surface area (Å²) < 4.78 is 0. The van der Waals surface area contributed by atoms with Crippen LogP contribution < -0.4 is 0 Å². The fourth-order valence-corrected chi connectivity index (χ4v) is 4.05. The third-order valence-electron chi connectivity index (χ3n) is 4.96. The summed E-state index contributed by atoms with van der Waals surface area (Å²) in [6.45, 7) is 0. The standard InChI is InChI=1S/C16H27BrO4/c17-12-14-10-6-7-11-16(15(18)19,21-20-14)13-8-4-2-1-3-5-9-13/h13-14H,1-12H2,(H,18,19). The second-order valence-corrected chi connectivity index (χ2v) is 7.09. The van der Waals surface area contributed by atoms with E-state index in [9.17, 15) is 9.90 Å². The number of carboxylic acid groups (broad SMARTS) is 1. The molecule has 4 nitrogen and oxygen atoms in total. The number of carbonyl (C=O) groups is 1. The summed E-state index contributed by atoms with van der Waals surface area (Å²) in [5, 5.41) is 10.6. The van der Waals surface area contributed by atoms with E-state index in [1.165, 1.54) is 19.3 Å². The first-order valence-corrected chi connectivity index (χ1v) is 9.45. The monoisotopic (exact) mass is 362 g/mol. The van der Waals surface area contributed by atoms with Crippen molar-refractivity contribution in [2.75, 3.05) is 5.33 Å². The number of carboxylic acids is 1. The largest absolute Gasteiger partial charge is 0.479 e. The Morgan fingerprint density at radius 3 is 2.29 bits per heavy atom. The van der Waals surface area contributed by atoms with Gasteiger partial charge in [-0.2, -0.15) is 0 Å². The zero-order chi connectivity index (χ0) is 15.1. The number of hydrogen-bond donors (Lipinski definition) is 1. The van der Waals surface area contributed by atoms with Gasteiger partial charge in [0.15, 0.2) is 0 Å². The van der Waals surface area contributed by atoms with Crippen LogP contribution in [-0.4, -0.2) is 28.1 Å². The van der Waals surface area contributed by atoms with Crippen LogP contribution >= 0.6 is 15.9 Å². The topological polar surface area (TPSA) is 55.8 Å². The minimum atomic E-state index is -1.14. The van der Waals surface area contributed by atoms with E-state index in [1.54, 1.807) is 0 Å². The lowest BCUT2D eigenvalue weighted by Crippen LogP contribution is -2.50. The minimum absolute atomic E-state index is 0.0439. The molecule has 2 unspecified atom stereocenters. The molecule has 2 aliphatic rings. The van der Waals surface area contributed by atoms with Crippen molar-refractivity contribution in [2.24, 2.45) is 5.92 Å². The first kappa shape index (κ1) is 17.2. The number of hydrogen-bond acceptors (Lipinski definition) is 3. The molecule has 1 saturated heterocycles. The summed E-state index contributed by atoms with van der Waals surface area (Å²) >= 11 is 3.41. The maximum absolute atomic E-state index is 12.0. The third kappa shape index (κ3) is 4.42. The predicted molar refractivity (Wildman–Crippen MR) is 84.4 cm³/mol. The molecule has 2 rings (SSSR count). The molecule has 2 atom stereocenters. The van der Waals surface area contributed by atoms with E-state index in [4.69, 9.17) is 9.78 Å². The Balaban J connectivity index is 2.14. The Morgan fingerprint density at radius 2 is 1.67 bits per heavy atom. The molecule has 2 fully saturated rings. The van der Waals surface area contributed by atoms with Crippen molar-refractivity contribution in [2.45, 2.75) is 82.3 Å². The first-order valence-electron chi connectivity index (χ1n) is 8.33. The lowest BCUT2D eigenvalue weighted by Gasteiger charge is -2.38. The molecule has 0 aromatic rings. The van der Waals surface area contributed by atoms with Crippen molar-refractivity contribution in [3.05, 3.63) is 0 Å². The molecule has 1 N–H and O–H groups in total.